The Hall–Kier alpha value is -3.02. The van der Waals surface area contributed by atoms with E-state index in [1.54, 1.807) is 56.3 Å². The summed E-state index contributed by atoms with van der Waals surface area (Å²) in [5, 5.41) is 15.9. The summed E-state index contributed by atoms with van der Waals surface area (Å²) in [6.07, 6.45) is 0. The first-order chi connectivity index (χ1) is 10.6. The Labute approximate surface area is 128 Å². The van der Waals surface area contributed by atoms with Gasteiger partial charge in [0.25, 0.3) is 5.91 Å². The van der Waals surface area contributed by atoms with Crippen molar-refractivity contribution in [3.8, 4) is 0 Å². The lowest BCUT2D eigenvalue weighted by Gasteiger charge is -2.04. The Morgan fingerprint density at radius 2 is 1.64 bits per heavy atom. The lowest BCUT2D eigenvalue weighted by molar-refractivity contribution is 0.0955. The van der Waals surface area contributed by atoms with E-state index < -0.39 is 0 Å². The highest BCUT2D eigenvalue weighted by Crippen LogP contribution is 2.03. The van der Waals surface area contributed by atoms with Crippen molar-refractivity contribution in [3.63, 3.8) is 0 Å². The third-order valence-electron chi connectivity index (χ3n) is 3.00. The van der Waals surface area contributed by atoms with E-state index in [2.05, 4.69) is 20.7 Å². The molecule has 1 amide bonds. The zero-order valence-corrected chi connectivity index (χ0v) is 12.3. The zero-order chi connectivity index (χ0) is 15.9. The van der Waals surface area contributed by atoms with Crippen LogP contribution in [0.5, 0.6) is 0 Å². The minimum Gasteiger partial charge on any atom is -0.411 e. The predicted octanol–water partition coefficient (Wildman–Crippen LogP) is 2.43. The van der Waals surface area contributed by atoms with Crippen LogP contribution in [0.2, 0.25) is 0 Å². The van der Waals surface area contributed by atoms with Crippen LogP contribution in [0.4, 0.5) is 0 Å². The fraction of sp³-hybridized carbons (Fsp3) is 0.125. The number of rotatable bonds is 4. The maximum Gasteiger partial charge on any atom is 0.271 e. The SMILES string of the molecule is C/C(=N\O)c1cccc(/C(C)=N/NC(=O)c2ccccc2)n1. The average Bonchev–Trinajstić information content (AvgIpc) is 2.59. The number of benzene rings is 1. The van der Waals surface area contributed by atoms with Gasteiger partial charge in [-0.3, -0.25) is 4.79 Å². The van der Waals surface area contributed by atoms with Crippen LogP contribution in [0.3, 0.4) is 0 Å². The molecule has 6 nitrogen and oxygen atoms in total. The molecule has 0 atom stereocenters. The molecular weight excluding hydrogens is 280 g/mol. The molecule has 2 N–H and O–H groups in total. The van der Waals surface area contributed by atoms with E-state index in [0.717, 1.165) is 0 Å². The van der Waals surface area contributed by atoms with Gasteiger partial charge in [-0.25, -0.2) is 10.4 Å². The van der Waals surface area contributed by atoms with Crippen LogP contribution in [0.15, 0.2) is 58.8 Å². The van der Waals surface area contributed by atoms with Crippen molar-refractivity contribution in [2.45, 2.75) is 13.8 Å². The van der Waals surface area contributed by atoms with E-state index in [1.807, 2.05) is 6.07 Å². The molecule has 2 rings (SSSR count). The van der Waals surface area contributed by atoms with Gasteiger partial charge in [0.15, 0.2) is 0 Å². The Kier molecular flexibility index (Phi) is 4.98. The van der Waals surface area contributed by atoms with Crippen LogP contribution in [-0.4, -0.2) is 27.5 Å². The molecule has 1 aromatic heterocycles. The summed E-state index contributed by atoms with van der Waals surface area (Å²) < 4.78 is 0. The molecule has 0 unspecified atom stereocenters. The van der Waals surface area contributed by atoms with Crippen LogP contribution < -0.4 is 5.43 Å². The first-order valence-corrected chi connectivity index (χ1v) is 6.68. The Morgan fingerprint density at radius 1 is 1.00 bits per heavy atom. The van der Waals surface area contributed by atoms with Gasteiger partial charge in [-0.15, -0.1) is 0 Å². The molecule has 6 heteroatoms. The molecule has 1 aromatic carbocycles. The minimum absolute atomic E-state index is 0.288. The second-order valence-electron chi connectivity index (χ2n) is 4.60. The highest BCUT2D eigenvalue weighted by atomic mass is 16.4. The molecule has 0 saturated heterocycles. The van der Waals surface area contributed by atoms with E-state index in [9.17, 15) is 4.79 Å². The quantitative estimate of drug-likeness (QED) is 0.516. The lowest BCUT2D eigenvalue weighted by atomic mass is 10.2. The van der Waals surface area contributed by atoms with Crippen molar-refractivity contribution < 1.29 is 10.0 Å². The second kappa shape index (κ2) is 7.12. The lowest BCUT2D eigenvalue weighted by Crippen LogP contribution is -2.19. The zero-order valence-electron chi connectivity index (χ0n) is 12.3. The Morgan fingerprint density at radius 3 is 2.27 bits per heavy atom. The topological polar surface area (TPSA) is 86.9 Å². The first kappa shape index (κ1) is 15.4. The molecule has 0 radical (unpaired) electrons. The summed E-state index contributed by atoms with van der Waals surface area (Å²) in [5.74, 6) is -0.288. The molecule has 0 aliphatic carbocycles. The van der Waals surface area contributed by atoms with Gasteiger partial charge in [0.1, 0.15) is 5.71 Å². The highest BCUT2D eigenvalue weighted by Gasteiger charge is 2.06. The third kappa shape index (κ3) is 3.76. The van der Waals surface area contributed by atoms with Crippen LogP contribution in [0, 0.1) is 0 Å². The van der Waals surface area contributed by atoms with Crippen LogP contribution >= 0.6 is 0 Å². The van der Waals surface area contributed by atoms with Crippen molar-refractivity contribution in [2.24, 2.45) is 10.3 Å². The van der Waals surface area contributed by atoms with Crippen molar-refractivity contribution in [1.82, 2.24) is 10.4 Å². The van der Waals surface area contributed by atoms with Crippen molar-refractivity contribution >= 4 is 17.3 Å². The molecule has 0 aliphatic heterocycles. The number of oxime groups is 1. The van der Waals surface area contributed by atoms with E-state index in [-0.39, 0.29) is 5.91 Å². The van der Waals surface area contributed by atoms with Gasteiger partial charge >= 0.3 is 0 Å². The maximum atomic E-state index is 11.9. The van der Waals surface area contributed by atoms with Gasteiger partial charge < -0.3 is 5.21 Å². The number of carbonyl (C=O) groups is 1. The molecule has 0 spiro atoms. The van der Waals surface area contributed by atoms with Gasteiger partial charge in [0.05, 0.1) is 17.1 Å². The second-order valence-corrected chi connectivity index (χ2v) is 4.60. The fourth-order valence-corrected chi connectivity index (χ4v) is 1.73. The molecular formula is C16H16N4O2. The number of pyridine rings is 1. The summed E-state index contributed by atoms with van der Waals surface area (Å²) in [5.41, 5.74) is 5.12. The molecule has 0 fully saturated rings. The van der Waals surface area contributed by atoms with Crippen LogP contribution in [0.25, 0.3) is 0 Å². The van der Waals surface area contributed by atoms with E-state index >= 15 is 0 Å². The number of hydrogen-bond donors (Lipinski definition) is 2. The Balaban J connectivity index is 2.14. The van der Waals surface area contributed by atoms with Crippen LogP contribution in [0.1, 0.15) is 35.6 Å². The maximum absolute atomic E-state index is 11.9. The normalized spacial score (nSPS) is 12.1. The molecule has 22 heavy (non-hydrogen) atoms. The van der Waals surface area contributed by atoms with Gasteiger partial charge in [-0.1, -0.05) is 29.4 Å². The monoisotopic (exact) mass is 296 g/mol. The molecule has 1 heterocycles. The standard InChI is InChI=1S/C16H16N4O2/c1-11(14-9-6-10-15(17-14)12(2)20-22)18-19-16(21)13-7-4-3-5-8-13/h3-10,22H,1-2H3,(H,19,21)/b18-11+,20-12+. The third-order valence-corrected chi connectivity index (χ3v) is 3.00. The van der Waals surface area contributed by atoms with Gasteiger partial charge in [-0.05, 0) is 38.1 Å². The first-order valence-electron chi connectivity index (χ1n) is 6.68. The molecule has 112 valence electrons. The number of amides is 1. The molecule has 0 bridgehead atoms. The predicted molar refractivity (Wildman–Crippen MR) is 84.4 cm³/mol. The summed E-state index contributed by atoms with van der Waals surface area (Å²) in [7, 11) is 0. The van der Waals surface area contributed by atoms with Crippen molar-refractivity contribution in [3.05, 3.63) is 65.5 Å². The van der Waals surface area contributed by atoms with Gasteiger partial charge in [-0.2, -0.15) is 5.10 Å². The summed E-state index contributed by atoms with van der Waals surface area (Å²) in [4.78, 5) is 16.2. The molecule has 2 aromatic rings. The number of hydrazone groups is 1. The number of nitrogens with one attached hydrogen (secondary N) is 1. The molecule has 0 saturated carbocycles. The fourth-order valence-electron chi connectivity index (χ4n) is 1.73. The number of hydrogen-bond acceptors (Lipinski definition) is 5. The van der Waals surface area contributed by atoms with Crippen LogP contribution in [-0.2, 0) is 0 Å². The Bertz CT molecular complexity index is 724. The number of carbonyl (C=O) groups excluding carboxylic acids is 1. The summed E-state index contributed by atoms with van der Waals surface area (Å²) >= 11 is 0. The molecule has 0 aliphatic rings. The van der Waals surface area contributed by atoms with E-state index in [0.29, 0.717) is 28.4 Å². The minimum atomic E-state index is -0.288. The van der Waals surface area contributed by atoms with Crippen molar-refractivity contribution in [2.75, 3.05) is 0 Å². The van der Waals surface area contributed by atoms with Crippen molar-refractivity contribution in [1.29, 1.82) is 0 Å². The van der Waals surface area contributed by atoms with Gasteiger partial charge in [0, 0.05) is 5.56 Å². The smallest absolute Gasteiger partial charge is 0.271 e. The highest BCUT2D eigenvalue weighted by molar-refractivity contribution is 6.01. The number of nitrogens with zero attached hydrogens (tertiary/aromatic N) is 3. The largest absolute Gasteiger partial charge is 0.411 e. The number of aromatic nitrogens is 1. The summed E-state index contributed by atoms with van der Waals surface area (Å²) in [6, 6.07) is 14.1. The average molecular weight is 296 g/mol. The van der Waals surface area contributed by atoms with Gasteiger partial charge in [0.2, 0.25) is 0 Å². The summed E-state index contributed by atoms with van der Waals surface area (Å²) in [6.45, 7) is 3.39. The van der Waals surface area contributed by atoms with E-state index in [4.69, 9.17) is 5.21 Å². The van der Waals surface area contributed by atoms with E-state index in [1.165, 1.54) is 0 Å².